The van der Waals surface area contributed by atoms with Crippen LogP contribution in [-0.4, -0.2) is 19.2 Å². The average Bonchev–Trinajstić information content (AvgIpc) is 2.95. The lowest BCUT2D eigenvalue weighted by molar-refractivity contribution is 0.584. The number of nitrogens with one attached hydrogen (secondary N) is 1. The lowest BCUT2D eigenvalue weighted by atomic mass is 9.87. The molecule has 1 heterocycles. The third-order valence-electron chi connectivity index (χ3n) is 5.17. The van der Waals surface area contributed by atoms with Gasteiger partial charge in [-0.15, -0.1) is 0 Å². The zero-order valence-electron chi connectivity index (χ0n) is 18.4. The van der Waals surface area contributed by atoms with Crippen molar-refractivity contribution < 1.29 is 8.42 Å². The molecule has 0 bridgehead atoms. The Labute approximate surface area is 179 Å². The molecular weight excluding hydrogens is 394 g/mol. The van der Waals surface area contributed by atoms with Crippen LogP contribution < -0.4 is 4.83 Å². The van der Waals surface area contributed by atoms with Crippen LogP contribution in [0.3, 0.4) is 0 Å². The number of sulfonamides is 1. The molecule has 0 amide bonds. The predicted molar refractivity (Wildman–Crippen MR) is 123 cm³/mol. The summed E-state index contributed by atoms with van der Waals surface area (Å²) in [6.45, 7) is 12.5. The van der Waals surface area contributed by atoms with Crippen molar-refractivity contribution in [3.05, 3.63) is 82.7 Å². The van der Waals surface area contributed by atoms with E-state index in [0.29, 0.717) is 0 Å². The molecule has 1 aromatic heterocycles. The van der Waals surface area contributed by atoms with E-state index in [2.05, 4.69) is 59.5 Å². The standard InChI is InChI=1S/C24H29N3O2S/c1-17-7-13-23(14-8-17)30(28,29)26-25-16-20-15-18(2)27(19(20)3)22-11-9-21(10-12-22)24(4,5)6/h7-16,26H,1-6H3/b25-16-. The maximum Gasteiger partial charge on any atom is 0.276 e. The van der Waals surface area contributed by atoms with Crippen LogP contribution in [0, 0.1) is 20.8 Å². The molecule has 0 aliphatic rings. The molecule has 30 heavy (non-hydrogen) atoms. The van der Waals surface area contributed by atoms with Crippen LogP contribution >= 0.6 is 0 Å². The number of hydrazone groups is 1. The molecule has 5 nitrogen and oxygen atoms in total. The molecule has 0 radical (unpaired) electrons. The first kappa shape index (κ1) is 21.8. The summed E-state index contributed by atoms with van der Waals surface area (Å²) in [5.41, 5.74) is 6.36. The first-order valence-electron chi connectivity index (χ1n) is 9.90. The van der Waals surface area contributed by atoms with Crippen molar-refractivity contribution in [2.24, 2.45) is 5.10 Å². The van der Waals surface area contributed by atoms with E-state index < -0.39 is 10.0 Å². The molecule has 0 spiro atoms. The number of aromatic nitrogens is 1. The Bertz CT molecular complexity index is 1160. The highest BCUT2D eigenvalue weighted by atomic mass is 32.2. The van der Waals surface area contributed by atoms with Crippen LogP contribution in [0.2, 0.25) is 0 Å². The second kappa shape index (κ2) is 8.11. The summed E-state index contributed by atoms with van der Waals surface area (Å²) in [5, 5.41) is 3.99. The Morgan fingerprint density at radius 2 is 1.53 bits per heavy atom. The van der Waals surface area contributed by atoms with Gasteiger partial charge in [0.1, 0.15) is 0 Å². The van der Waals surface area contributed by atoms with E-state index in [-0.39, 0.29) is 10.3 Å². The fourth-order valence-electron chi connectivity index (χ4n) is 3.36. The molecule has 0 unspecified atom stereocenters. The zero-order chi connectivity index (χ0) is 22.1. The minimum atomic E-state index is -3.69. The van der Waals surface area contributed by atoms with Crippen molar-refractivity contribution in [1.82, 2.24) is 9.40 Å². The molecule has 0 saturated heterocycles. The molecule has 1 N–H and O–H groups in total. The topological polar surface area (TPSA) is 63.5 Å². The summed E-state index contributed by atoms with van der Waals surface area (Å²) in [5.74, 6) is 0. The molecule has 3 aromatic rings. The van der Waals surface area contributed by atoms with Crippen LogP contribution in [0.15, 0.2) is 64.6 Å². The van der Waals surface area contributed by atoms with E-state index in [1.165, 1.54) is 5.56 Å². The highest BCUT2D eigenvalue weighted by Gasteiger charge is 2.15. The minimum absolute atomic E-state index is 0.103. The van der Waals surface area contributed by atoms with E-state index >= 15 is 0 Å². The molecule has 0 saturated carbocycles. The Balaban J connectivity index is 1.82. The highest BCUT2D eigenvalue weighted by Crippen LogP contribution is 2.25. The number of nitrogens with zero attached hydrogens (tertiary/aromatic N) is 2. The maximum atomic E-state index is 12.4. The molecule has 2 aromatic carbocycles. The monoisotopic (exact) mass is 423 g/mol. The lowest BCUT2D eigenvalue weighted by Gasteiger charge is -2.20. The minimum Gasteiger partial charge on any atom is -0.318 e. The summed E-state index contributed by atoms with van der Waals surface area (Å²) in [6.07, 6.45) is 1.55. The van der Waals surface area contributed by atoms with Gasteiger partial charge in [-0.25, -0.2) is 4.83 Å². The van der Waals surface area contributed by atoms with E-state index in [1.54, 1.807) is 30.5 Å². The van der Waals surface area contributed by atoms with Crippen molar-refractivity contribution in [3.8, 4) is 5.69 Å². The second-order valence-electron chi connectivity index (χ2n) is 8.62. The van der Waals surface area contributed by atoms with Crippen LogP contribution in [0.25, 0.3) is 5.69 Å². The van der Waals surface area contributed by atoms with Crippen molar-refractivity contribution in [1.29, 1.82) is 0 Å². The summed E-state index contributed by atoms with van der Waals surface area (Å²) in [4.78, 5) is 2.48. The smallest absolute Gasteiger partial charge is 0.276 e. The first-order chi connectivity index (χ1) is 14.0. The zero-order valence-corrected chi connectivity index (χ0v) is 19.2. The summed E-state index contributed by atoms with van der Waals surface area (Å²) >= 11 is 0. The highest BCUT2D eigenvalue weighted by molar-refractivity contribution is 7.89. The molecule has 3 rings (SSSR count). The molecule has 0 aliphatic heterocycles. The van der Waals surface area contributed by atoms with Gasteiger partial charge in [-0.2, -0.15) is 13.5 Å². The SMILES string of the molecule is Cc1ccc(S(=O)(=O)N/N=C\c2cc(C)n(-c3ccc(C(C)(C)C)cc3)c2C)cc1. The van der Waals surface area contributed by atoms with Gasteiger partial charge in [0.05, 0.1) is 11.1 Å². The number of hydrogen-bond acceptors (Lipinski definition) is 3. The fraction of sp³-hybridized carbons (Fsp3) is 0.292. The molecule has 0 atom stereocenters. The first-order valence-corrected chi connectivity index (χ1v) is 11.4. The van der Waals surface area contributed by atoms with E-state index in [1.807, 2.05) is 26.8 Å². The third-order valence-corrected chi connectivity index (χ3v) is 6.41. The summed E-state index contributed by atoms with van der Waals surface area (Å²) in [6, 6.07) is 17.2. The Hall–Kier alpha value is -2.86. The van der Waals surface area contributed by atoms with Crippen LogP contribution in [0.5, 0.6) is 0 Å². The molecule has 158 valence electrons. The normalized spacial score (nSPS) is 12.5. The number of hydrogen-bond donors (Lipinski definition) is 1. The van der Waals surface area contributed by atoms with Crippen molar-refractivity contribution in [2.75, 3.05) is 0 Å². The van der Waals surface area contributed by atoms with Crippen molar-refractivity contribution in [3.63, 3.8) is 0 Å². The molecule has 6 heteroatoms. The average molecular weight is 424 g/mol. The van der Waals surface area contributed by atoms with Crippen molar-refractivity contribution >= 4 is 16.2 Å². The summed E-state index contributed by atoms with van der Waals surface area (Å²) in [7, 11) is -3.69. The number of aryl methyl sites for hydroxylation is 2. The van der Waals surface area contributed by atoms with Gasteiger partial charge < -0.3 is 4.57 Å². The largest absolute Gasteiger partial charge is 0.318 e. The second-order valence-corrected chi connectivity index (χ2v) is 10.3. The van der Waals surface area contributed by atoms with Gasteiger partial charge in [0.15, 0.2) is 0 Å². The third kappa shape index (κ3) is 4.65. The lowest BCUT2D eigenvalue weighted by Crippen LogP contribution is -2.18. The van der Waals surface area contributed by atoms with Crippen molar-refractivity contribution in [2.45, 2.75) is 51.9 Å². The maximum absolute atomic E-state index is 12.4. The Morgan fingerprint density at radius 3 is 2.10 bits per heavy atom. The van der Waals surface area contributed by atoms with E-state index in [4.69, 9.17) is 0 Å². The van der Waals surface area contributed by atoms with Crippen LogP contribution in [0.1, 0.15) is 48.8 Å². The Kier molecular flexibility index (Phi) is 5.90. The predicted octanol–water partition coefficient (Wildman–Crippen LogP) is 5.01. The number of rotatable bonds is 5. The molecular formula is C24H29N3O2S. The fourth-order valence-corrected chi connectivity index (χ4v) is 4.15. The number of benzene rings is 2. The van der Waals surface area contributed by atoms with Gasteiger partial charge in [-0.1, -0.05) is 50.6 Å². The van der Waals surface area contributed by atoms with Gasteiger partial charge >= 0.3 is 0 Å². The summed E-state index contributed by atoms with van der Waals surface area (Å²) < 4.78 is 26.9. The van der Waals surface area contributed by atoms with E-state index in [9.17, 15) is 8.42 Å². The van der Waals surface area contributed by atoms with Gasteiger partial charge in [-0.3, -0.25) is 0 Å². The van der Waals surface area contributed by atoms with Crippen LogP contribution in [0.4, 0.5) is 0 Å². The van der Waals surface area contributed by atoms with Gasteiger partial charge in [0.2, 0.25) is 0 Å². The van der Waals surface area contributed by atoms with E-state index in [0.717, 1.165) is 28.2 Å². The molecule has 0 fully saturated rings. The quantitative estimate of drug-likeness (QED) is 0.463. The van der Waals surface area contributed by atoms with Gasteiger partial charge in [0.25, 0.3) is 10.0 Å². The molecule has 0 aliphatic carbocycles. The van der Waals surface area contributed by atoms with Crippen LogP contribution in [-0.2, 0) is 15.4 Å². The Morgan fingerprint density at radius 1 is 0.933 bits per heavy atom. The van der Waals surface area contributed by atoms with Gasteiger partial charge in [-0.05, 0) is 62.1 Å². The van der Waals surface area contributed by atoms with Gasteiger partial charge in [0, 0.05) is 22.6 Å².